The van der Waals surface area contributed by atoms with E-state index in [0.717, 1.165) is 63.2 Å². The number of carbonyl (C=O) groups excluding carboxylic acids is 1. The van der Waals surface area contributed by atoms with Gasteiger partial charge in [0.05, 0.1) is 14.9 Å². The van der Waals surface area contributed by atoms with Gasteiger partial charge in [-0.2, -0.15) is 0 Å². The van der Waals surface area contributed by atoms with E-state index in [-0.39, 0.29) is 5.91 Å². The first-order chi connectivity index (χ1) is 12.1. The molecule has 3 heterocycles. The predicted molar refractivity (Wildman–Crippen MR) is 105 cm³/mol. The Kier molecular flexibility index (Phi) is 5.13. The Morgan fingerprint density at radius 2 is 2.04 bits per heavy atom. The first kappa shape index (κ1) is 17.5. The fourth-order valence-corrected chi connectivity index (χ4v) is 5.35. The number of thiophene rings is 1. The van der Waals surface area contributed by atoms with Crippen LogP contribution in [-0.2, 0) is 0 Å². The second-order valence-corrected chi connectivity index (χ2v) is 9.67. The number of likely N-dealkylation sites (tertiary alicyclic amines) is 1. The van der Waals surface area contributed by atoms with Crippen LogP contribution in [0.5, 0.6) is 0 Å². The topological polar surface area (TPSA) is 45.2 Å². The van der Waals surface area contributed by atoms with E-state index in [1.165, 1.54) is 35.5 Å². The number of rotatable bonds is 5. The maximum absolute atomic E-state index is 12.9. The van der Waals surface area contributed by atoms with Crippen LogP contribution in [0.2, 0.25) is 4.34 Å². The van der Waals surface area contributed by atoms with Gasteiger partial charge in [-0.15, -0.1) is 22.7 Å². The Labute approximate surface area is 161 Å². The summed E-state index contributed by atoms with van der Waals surface area (Å²) in [6, 6.07) is 4.41. The van der Waals surface area contributed by atoms with Crippen LogP contribution in [0, 0.1) is 12.8 Å². The molecule has 7 heteroatoms. The molecule has 1 saturated carbocycles. The smallest absolute Gasteiger partial charge is 0.265 e. The van der Waals surface area contributed by atoms with Crippen LogP contribution in [0.3, 0.4) is 0 Å². The molecule has 1 aliphatic heterocycles. The standard InChI is InChI=1S/C18H22ClN3OS2/c1-11-16(25-17(21-11)14-4-5-15(19)24-14)18(23)22-8-6-13(7-9-22)20-10-12-2-3-12/h4-5,12-13,20H,2-3,6-10H2,1H3. The average Bonchev–Trinajstić information content (AvgIpc) is 3.22. The zero-order valence-electron chi connectivity index (χ0n) is 14.3. The van der Waals surface area contributed by atoms with Crippen LogP contribution in [0.1, 0.15) is 41.0 Å². The molecule has 4 rings (SSSR count). The highest BCUT2D eigenvalue weighted by atomic mass is 35.5. The van der Waals surface area contributed by atoms with E-state index in [9.17, 15) is 4.79 Å². The summed E-state index contributed by atoms with van der Waals surface area (Å²) in [5, 5.41) is 4.55. The third-order valence-corrected chi connectivity index (χ3v) is 7.49. The molecule has 0 unspecified atom stereocenters. The summed E-state index contributed by atoms with van der Waals surface area (Å²) in [5.41, 5.74) is 0.823. The summed E-state index contributed by atoms with van der Waals surface area (Å²) in [7, 11) is 0. The van der Waals surface area contributed by atoms with Gasteiger partial charge in [-0.3, -0.25) is 4.79 Å². The van der Waals surface area contributed by atoms with Gasteiger partial charge in [0.1, 0.15) is 9.88 Å². The molecule has 0 aromatic carbocycles. The Balaban J connectivity index is 1.38. The number of aromatic nitrogens is 1. The summed E-state index contributed by atoms with van der Waals surface area (Å²) in [5.74, 6) is 1.04. The summed E-state index contributed by atoms with van der Waals surface area (Å²) in [6.45, 7) is 4.74. The molecular formula is C18H22ClN3OS2. The predicted octanol–water partition coefficient (Wildman–Crippen LogP) is 4.44. The number of amides is 1. The van der Waals surface area contributed by atoms with Crippen molar-refractivity contribution in [3.05, 3.63) is 27.0 Å². The number of hydrogen-bond donors (Lipinski definition) is 1. The van der Waals surface area contributed by atoms with Crippen molar-refractivity contribution >= 4 is 40.2 Å². The molecule has 2 aromatic rings. The fourth-order valence-electron chi connectivity index (χ4n) is 3.22. The Hall–Kier alpha value is -0.950. The molecule has 0 bridgehead atoms. The van der Waals surface area contributed by atoms with Crippen molar-refractivity contribution in [1.29, 1.82) is 0 Å². The van der Waals surface area contributed by atoms with Crippen molar-refractivity contribution in [2.45, 2.75) is 38.6 Å². The van der Waals surface area contributed by atoms with E-state index >= 15 is 0 Å². The van der Waals surface area contributed by atoms with Crippen molar-refractivity contribution in [3.63, 3.8) is 0 Å². The zero-order valence-corrected chi connectivity index (χ0v) is 16.6. The van der Waals surface area contributed by atoms with Gasteiger partial charge in [-0.1, -0.05) is 11.6 Å². The van der Waals surface area contributed by atoms with E-state index < -0.39 is 0 Å². The van der Waals surface area contributed by atoms with Crippen molar-refractivity contribution < 1.29 is 4.79 Å². The number of carbonyl (C=O) groups is 1. The minimum atomic E-state index is 0.129. The van der Waals surface area contributed by atoms with Crippen molar-refractivity contribution in [3.8, 4) is 9.88 Å². The lowest BCUT2D eigenvalue weighted by molar-refractivity contribution is 0.0709. The molecule has 2 aliphatic rings. The highest BCUT2D eigenvalue weighted by Crippen LogP contribution is 2.35. The molecule has 0 atom stereocenters. The van der Waals surface area contributed by atoms with Gasteiger partial charge in [0.2, 0.25) is 0 Å². The SMILES string of the molecule is Cc1nc(-c2ccc(Cl)s2)sc1C(=O)N1CCC(NCC2CC2)CC1. The summed E-state index contributed by atoms with van der Waals surface area (Å²) >= 11 is 9.01. The van der Waals surface area contributed by atoms with Crippen LogP contribution >= 0.6 is 34.3 Å². The highest BCUT2D eigenvalue weighted by molar-refractivity contribution is 7.24. The third kappa shape index (κ3) is 4.08. The largest absolute Gasteiger partial charge is 0.338 e. The molecule has 4 nitrogen and oxygen atoms in total. The molecule has 2 fully saturated rings. The zero-order chi connectivity index (χ0) is 17.4. The minimum absolute atomic E-state index is 0.129. The van der Waals surface area contributed by atoms with Crippen molar-refractivity contribution in [2.24, 2.45) is 5.92 Å². The van der Waals surface area contributed by atoms with Gasteiger partial charge >= 0.3 is 0 Å². The first-order valence-electron chi connectivity index (χ1n) is 8.86. The molecular weight excluding hydrogens is 374 g/mol. The summed E-state index contributed by atoms with van der Waals surface area (Å²) in [6.07, 6.45) is 4.85. The summed E-state index contributed by atoms with van der Waals surface area (Å²) < 4.78 is 0.747. The molecule has 2 aromatic heterocycles. The molecule has 0 radical (unpaired) electrons. The van der Waals surface area contributed by atoms with Gasteiger partial charge in [0, 0.05) is 19.1 Å². The fraction of sp³-hybridized carbons (Fsp3) is 0.556. The number of nitrogens with zero attached hydrogens (tertiary/aromatic N) is 2. The highest BCUT2D eigenvalue weighted by Gasteiger charge is 2.28. The average molecular weight is 396 g/mol. The van der Waals surface area contributed by atoms with Gasteiger partial charge in [-0.25, -0.2) is 4.98 Å². The monoisotopic (exact) mass is 395 g/mol. The number of thiazole rings is 1. The lowest BCUT2D eigenvalue weighted by Gasteiger charge is -2.32. The number of piperidine rings is 1. The Morgan fingerprint density at radius 1 is 1.28 bits per heavy atom. The van der Waals surface area contributed by atoms with E-state index in [4.69, 9.17) is 11.6 Å². The minimum Gasteiger partial charge on any atom is -0.338 e. The maximum atomic E-state index is 12.9. The van der Waals surface area contributed by atoms with Gasteiger partial charge < -0.3 is 10.2 Å². The van der Waals surface area contributed by atoms with E-state index in [0.29, 0.717) is 6.04 Å². The number of nitrogens with one attached hydrogen (secondary N) is 1. The quantitative estimate of drug-likeness (QED) is 0.814. The number of aryl methyl sites for hydroxylation is 1. The van der Waals surface area contributed by atoms with Crippen LogP contribution < -0.4 is 5.32 Å². The van der Waals surface area contributed by atoms with Gasteiger partial charge in [-0.05, 0) is 57.2 Å². The normalized spacial score (nSPS) is 18.7. The van der Waals surface area contributed by atoms with Crippen molar-refractivity contribution in [1.82, 2.24) is 15.2 Å². The lowest BCUT2D eigenvalue weighted by atomic mass is 10.0. The first-order valence-corrected chi connectivity index (χ1v) is 10.9. The molecule has 25 heavy (non-hydrogen) atoms. The van der Waals surface area contributed by atoms with Crippen LogP contribution in [0.4, 0.5) is 0 Å². The molecule has 134 valence electrons. The van der Waals surface area contributed by atoms with E-state index in [1.807, 2.05) is 24.0 Å². The molecule has 1 aliphatic carbocycles. The molecule has 1 amide bonds. The van der Waals surface area contributed by atoms with Crippen LogP contribution in [0.15, 0.2) is 12.1 Å². The van der Waals surface area contributed by atoms with Crippen LogP contribution in [0.25, 0.3) is 9.88 Å². The lowest BCUT2D eigenvalue weighted by Crippen LogP contribution is -2.45. The Bertz CT molecular complexity index is 760. The van der Waals surface area contributed by atoms with Crippen molar-refractivity contribution in [2.75, 3.05) is 19.6 Å². The molecule has 1 saturated heterocycles. The van der Waals surface area contributed by atoms with Gasteiger partial charge in [0.15, 0.2) is 0 Å². The number of hydrogen-bond acceptors (Lipinski definition) is 5. The number of halogens is 1. The molecule has 1 N–H and O–H groups in total. The van der Waals surface area contributed by atoms with Crippen LogP contribution in [-0.4, -0.2) is 41.5 Å². The second kappa shape index (κ2) is 7.35. The van der Waals surface area contributed by atoms with E-state index in [1.54, 1.807) is 0 Å². The summed E-state index contributed by atoms with van der Waals surface area (Å²) in [4.78, 5) is 21.3. The maximum Gasteiger partial charge on any atom is 0.265 e. The Morgan fingerprint density at radius 3 is 2.68 bits per heavy atom. The third-order valence-electron chi connectivity index (χ3n) is 4.95. The van der Waals surface area contributed by atoms with E-state index in [2.05, 4.69) is 10.3 Å². The second-order valence-electron chi connectivity index (χ2n) is 6.96. The molecule has 0 spiro atoms. The van der Waals surface area contributed by atoms with Gasteiger partial charge in [0.25, 0.3) is 5.91 Å².